The predicted molar refractivity (Wildman–Crippen MR) is 185 cm³/mol. The molecule has 2 nitrogen and oxygen atoms in total. The van der Waals surface area contributed by atoms with Crippen molar-refractivity contribution in [2.24, 2.45) is 0 Å². The first-order valence-electron chi connectivity index (χ1n) is 14.7. The summed E-state index contributed by atoms with van der Waals surface area (Å²) in [5.74, 6) is 0. The van der Waals surface area contributed by atoms with Gasteiger partial charge in [0.05, 0.1) is 11.0 Å². The highest BCUT2D eigenvalue weighted by atomic mass is 32.1. The summed E-state index contributed by atoms with van der Waals surface area (Å²) >= 11 is 1.92. The Kier molecular flexibility index (Phi) is 3.99. The van der Waals surface area contributed by atoms with Crippen LogP contribution in [0.15, 0.2) is 132 Å². The maximum atomic E-state index is 6.38. The molecule has 43 heavy (non-hydrogen) atoms. The lowest BCUT2D eigenvalue weighted by Gasteiger charge is -2.12. The second-order valence-electron chi connectivity index (χ2n) is 11.6. The number of hydrogen-bond donors (Lipinski definition) is 0. The van der Waals surface area contributed by atoms with Crippen LogP contribution in [0.5, 0.6) is 0 Å². The van der Waals surface area contributed by atoms with Gasteiger partial charge >= 0.3 is 0 Å². The van der Waals surface area contributed by atoms with E-state index in [4.69, 9.17) is 4.42 Å². The van der Waals surface area contributed by atoms with Crippen molar-refractivity contribution in [2.75, 3.05) is 0 Å². The first-order chi connectivity index (χ1) is 21.3. The van der Waals surface area contributed by atoms with E-state index in [-0.39, 0.29) is 0 Å². The van der Waals surface area contributed by atoms with E-state index in [9.17, 15) is 0 Å². The van der Waals surface area contributed by atoms with Gasteiger partial charge in [-0.1, -0.05) is 84.9 Å². The maximum Gasteiger partial charge on any atom is 0.137 e. The molecule has 0 aliphatic rings. The van der Waals surface area contributed by atoms with E-state index in [1.807, 2.05) is 17.4 Å². The third-order valence-corrected chi connectivity index (χ3v) is 10.7. The molecule has 0 spiro atoms. The molecule has 3 heteroatoms. The number of rotatable bonds is 1. The predicted octanol–water partition coefficient (Wildman–Crippen LogP) is 11.9. The smallest absolute Gasteiger partial charge is 0.137 e. The number of hydrogen-bond acceptors (Lipinski definition) is 2. The Bertz CT molecular complexity index is 2950. The molecule has 0 aliphatic carbocycles. The number of thiophene rings is 1. The van der Waals surface area contributed by atoms with Gasteiger partial charge in [0.1, 0.15) is 11.2 Å². The second kappa shape index (κ2) is 7.71. The lowest BCUT2D eigenvalue weighted by Crippen LogP contribution is -1.94. The summed E-state index contributed by atoms with van der Waals surface area (Å²) in [5.41, 5.74) is 5.43. The molecular formula is C40H21NOS. The average molecular weight is 564 g/mol. The fourth-order valence-electron chi connectivity index (χ4n) is 7.75. The van der Waals surface area contributed by atoms with Crippen LogP contribution in [0.2, 0.25) is 0 Å². The van der Waals surface area contributed by atoms with E-state index < -0.39 is 0 Å². The molecule has 0 saturated heterocycles. The normalized spacial score (nSPS) is 12.7. The Morgan fingerprint density at radius 2 is 1.21 bits per heavy atom. The van der Waals surface area contributed by atoms with E-state index in [1.54, 1.807) is 0 Å². The second-order valence-corrected chi connectivity index (χ2v) is 12.7. The Morgan fingerprint density at radius 1 is 0.465 bits per heavy atom. The van der Waals surface area contributed by atoms with Gasteiger partial charge in [0.2, 0.25) is 0 Å². The van der Waals surface area contributed by atoms with Gasteiger partial charge in [-0.3, -0.25) is 0 Å². The molecule has 0 atom stereocenters. The molecule has 198 valence electrons. The summed E-state index contributed by atoms with van der Waals surface area (Å²) < 4.78 is 11.6. The zero-order valence-corrected chi connectivity index (χ0v) is 23.7. The highest BCUT2D eigenvalue weighted by Gasteiger charge is 2.24. The number of aromatic nitrogens is 1. The largest absolute Gasteiger partial charge is 0.456 e. The van der Waals surface area contributed by atoms with Crippen LogP contribution in [0.25, 0.3) is 102 Å². The summed E-state index contributed by atoms with van der Waals surface area (Å²) in [5, 5.41) is 15.5. The Morgan fingerprint density at radius 3 is 2.16 bits per heavy atom. The van der Waals surface area contributed by atoms with E-state index >= 15 is 0 Å². The molecule has 0 amide bonds. The molecule has 3 heterocycles. The Labute approximate surface area is 248 Å². The van der Waals surface area contributed by atoms with Gasteiger partial charge in [-0.2, -0.15) is 0 Å². The van der Waals surface area contributed by atoms with Gasteiger partial charge in [-0.05, 0) is 57.9 Å². The standard InChI is InChI=1S/C40H21NOS/c1-2-9-24-22(8-1)20-31-28-18-19-29-27-11-4-6-15-35(27)43-40(29)36(28)30-12-7-13-32-37(30)38(31)39(24)41(32)23-16-17-26-25-10-3-5-14-33(25)42-34(26)21-23/h1-21H. The summed E-state index contributed by atoms with van der Waals surface area (Å²) in [6, 6.07) is 46.6. The van der Waals surface area contributed by atoms with E-state index in [1.165, 1.54) is 74.3 Å². The van der Waals surface area contributed by atoms with Gasteiger partial charge in [0.15, 0.2) is 0 Å². The van der Waals surface area contributed by atoms with Crippen molar-refractivity contribution in [1.82, 2.24) is 4.57 Å². The zero-order valence-electron chi connectivity index (χ0n) is 22.9. The number of benzene rings is 8. The monoisotopic (exact) mass is 563 g/mol. The van der Waals surface area contributed by atoms with Crippen molar-refractivity contribution in [2.45, 2.75) is 0 Å². The highest BCUT2D eigenvalue weighted by Crippen LogP contribution is 2.50. The van der Waals surface area contributed by atoms with Crippen LogP contribution in [0.1, 0.15) is 0 Å². The minimum atomic E-state index is 0.912. The van der Waals surface area contributed by atoms with Crippen LogP contribution in [-0.2, 0) is 0 Å². The summed E-state index contributed by atoms with van der Waals surface area (Å²) in [6.45, 7) is 0. The number of fused-ring (bicyclic) bond motifs is 12. The number of para-hydroxylation sites is 1. The molecule has 0 radical (unpaired) electrons. The molecule has 0 fully saturated rings. The maximum absolute atomic E-state index is 6.38. The molecule has 8 aromatic carbocycles. The van der Waals surface area contributed by atoms with Crippen molar-refractivity contribution >= 4 is 108 Å². The van der Waals surface area contributed by atoms with Crippen LogP contribution in [0, 0.1) is 0 Å². The van der Waals surface area contributed by atoms with Crippen molar-refractivity contribution < 1.29 is 4.42 Å². The lowest BCUT2D eigenvalue weighted by atomic mass is 9.91. The van der Waals surface area contributed by atoms with Crippen LogP contribution in [0.4, 0.5) is 0 Å². The van der Waals surface area contributed by atoms with E-state index in [2.05, 4.69) is 126 Å². The van der Waals surface area contributed by atoms with E-state index in [0.717, 1.165) is 27.6 Å². The molecule has 0 unspecified atom stereocenters. The Balaban J connectivity index is 1.39. The van der Waals surface area contributed by atoms with Gasteiger partial charge in [-0.15, -0.1) is 11.3 Å². The van der Waals surface area contributed by atoms with Crippen molar-refractivity contribution in [3.8, 4) is 5.69 Å². The summed E-state index contributed by atoms with van der Waals surface area (Å²) in [6.07, 6.45) is 0. The SMILES string of the molecule is c1ccc2c(c1)cc1c3ccc4c5ccccc5sc4c3c3cccc4c3c1c2n4-c1ccc2c(c1)oc1ccccc12. The molecular weight excluding hydrogens is 543 g/mol. The van der Waals surface area contributed by atoms with Crippen LogP contribution < -0.4 is 0 Å². The van der Waals surface area contributed by atoms with Gasteiger partial charge in [-0.25, -0.2) is 0 Å². The summed E-state index contributed by atoms with van der Waals surface area (Å²) in [4.78, 5) is 0. The summed E-state index contributed by atoms with van der Waals surface area (Å²) in [7, 11) is 0. The van der Waals surface area contributed by atoms with Crippen LogP contribution >= 0.6 is 11.3 Å². The van der Waals surface area contributed by atoms with Crippen molar-refractivity contribution in [3.05, 3.63) is 127 Å². The highest BCUT2D eigenvalue weighted by molar-refractivity contribution is 7.26. The minimum absolute atomic E-state index is 0.912. The van der Waals surface area contributed by atoms with E-state index in [0.29, 0.717) is 0 Å². The fraction of sp³-hybridized carbons (Fsp3) is 0. The molecule has 0 aliphatic heterocycles. The van der Waals surface area contributed by atoms with Crippen LogP contribution in [0.3, 0.4) is 0 Å². The molecule has 3 aromatic heterocycles. The van der Waals surface area contributed by atoms with Crippen molar-refractivity contribution in [1.29, 1.82) is 0 Å². The molecule has 0 saturated carbocycles. The third kappa shape index (κ3) is 2.69. The number of nitrogens with zero attached hydrogens (tertiary/aromatic N) is 1. The zero-order chi connectivity index (χ0) is 27.8. The molecule has 11 rings (SSSR count). The Hall–Kier alpha value is -5.38. The average Bonchev–Trinajstić information content (AvgIpc) is 3.73. The fourth-order valence-corrected chi connectivity index (χ4v) is 9.01. The number of furan rings is 1. The topological polar surface area (TPSA) is 18.1 Å². The molecule has 0 N–H and O–H groups in total. The third-order valence-electron chi connectivity index (χ3n) is 9.51. The quantitative estimate of drug-likeness (QED) is 0.143. The first-order valence-corrected chi connectivity index (χ1v) is 15.5. The van der Waals surface area contributed by atoms with Gasteiger partial charge < -0.3 is 8.98 Å². The molecule has 11 aromatic rings. The first kappa shape index (κ1) is 22.2. The minimum Gasteiger partial charge on any atom is -0.456 e. The van der Waals surface area contributed by atoms with Crippen molar-refractivity contribution in [3.63, 3.8) is 0 Å². The van der Waals surface area contributed by atoms with Crippen LogP contribution in [-0.4, -0.2) is 4.57 Å². The van der Waals surface area contributed by atoms with Gasteiger partial charge in [0.25, 0.3) is 0 Å². The lowest BCUT2D eigenvalue weighted by molar-refractivity contribution is 0.668. The van der Waals surface area contributed by atoms with Gasteiger partial charge in [0, 0.05) is 64.2 Å². The molecule has 0 bridgehead atoms.